The van der Waals surface area contributed by atoms with Crippen LogP contribution in [0.3, 0.4) is 0 Å². The van der Waals surface area contributed by atoms with Gasteiger partial charge in [-0.15, -0.1) is 0 Å². The highest BCUT2D eigenvalue weighted by molar-refractivity contribution is 7.19. The van der Waals surface area contributed by atoms with Crippen molar-refractivity contribution >= 4 is 28.3 Å². The van der Waals surface area contributed by atoms with Gasteiger partial charge < -0.3 is 10.6 Å². The summed E-state index contributed by atoms with van der Waals surface area (Å²) < 4.78 is 0. The van der Waals surface area contributed by atoms with E-state index < -0.39 is 5.41 Å². The van der Waals surface area contributed by atoms with Crippen molar-refractivity contribution in [2.75, 3.05) is 11.9 Å². The molecule has 2 amide bonds. The van der Waals surface area contributed by atoms with Crippen LogP contribution in [0.5, 0.6) is 0 Å². The Hall–Kier alpha value is -2.28. The number of aromatic nitrogens is 2. The molecular formula is C16H20N4O2S. The summed E-state index contributed by atoms with van der Waals surface area (Å²) in [5.41, 5.74) is 1.11. The second kappa shape index (κ2) is 6.87. The monoisotopic (exact) mass is 332 g/mol. The van der Waals surface area contributed by atoms with E-state index in [9.17, 15) is 9.59 Å². The highest BCUT2D eigenvalue weighted by Gasteiger charge is 2.21. The zero-order chi connectivity index (χ0) is 17.0. The fourth-order valence-corrected chi connectivity index (χ4v) is 2.73. The Bertz CT molecular complexity index is 705. The third-order valence-electron chi connectivity index (χ3n) is 3.03. The second-order valence-electron chi connectivity index (χ2n) is 6.13. The number of nitrogens with one attached hydrogen (secondary N) is 2. The van der Waals surface area contributed by atoms with E-state index in [0.717, 1.165) is 16.3 Å². The van der Waals surface area contributed by atoms with E-state index in [-0.39, 0.29) is 18.4 Å². The number of hydrogen-bond acceptors (Lipinski definition) is 5. The van der Waals surface area contributed by atoms with Crippen molar-refractivity contribution in [2.24, 2.45) is 5.41 Å². The Balaban J connectivity index is 1.99. The number of aryl methyl sites for hydroxylation is 1. The third kappa shape index (κ3) is 4.59. The molecular weight excluding hydrogens is 312 g/mol. The molecule has 7 heteroatoms. The first-order valence-electron chi connectivity index (χ1n) is 7.24. The Morgan fingerprint density at radius 2 is 2.00 bits per heavy atom. The second-order valence-corrected chi connectivity index (χ2v) is 7.13. The molecule has 23 heavy (non-hydrogen) atoms. The molecule has 0 aromatic carbocycles. The van der Waals surface area contributed by atoms with Crippen LogP contribution in [0, 0.1) is 12.3 Å². The lowest BCUT2D eigenvalue weighted by molar-refractivity contribution is -0.130. The summed E-state index contributed by atoms with van der Waals surface area (Å²) in [7, 11) is 0. The molecule has 0 unspecified atom stereocenters. The van der Waals surface area contributed by atoms with Gasteiger partial charge in [0.05, 0.1) is 22.8 Å². The molecule has 0 saturated carbocycles. The van der Waals surface area contributed by atoms with Gasteiger partial charge in [-0.3, -0.25) is 14.6 Å². The van der Waals surface area contributed by atoms with Crippen LogP contribution < -0.4 is 10.6 Å². The maximum absolute atomic E-state index is 11.9. The molecule has 0 aliphatic carbocycles. The van der Waals surface area contributed by atoms with E-state index in [1.54, 1.807) is 27.0 Å². The van der Waals surface area contributed by atoms with Gasteiger partial charge in [0, 0.05) is 11.6 Å². The van der Waals surface area contributed by atoms with Crippen LogP contribution in [0.1, 0.15) is 26.5 Å². The number of nitrogens with zero attached hydrogens (tertiary/aromatic N) is 2. The predicted octanol–water partition coefficient (Wildman–Crippen LogP) is 2.61. The van der Waals surface area contributed by atoms with Gasteiger partial charge >= 0.3 is 0 Å². The quantitative estimate of drug-likeness (QED) is 0.901. The molecule has 6 nitrogen and oxygen atoms in total. The summed E-state index contributed by atoms with van der Waals surface area (Å²) in [4.78, 5) is 33.2. The average Bonchev–Trinajstić information content (AvgIpc) is 2.85. The number of carbonyl (C=O) groups is 2. The van der Waals surface area contributed by atoms with E-state index in [0.29, 0.717) is 5.13 Å². The molecule has 0 fully saturated rings. The minimum absolute atomic E-state index is 0.0757. The number of amides is 2. The molecule has 2 aromatic rings. The number of rotatable bonds is 4. The summed E-state index contributed by atoms with van der Waals surface area (Å²) in [5.74, 6) is -0.471. The maximum atomic E-state index is 11.9. The van der Waals surface area contributed by atoms with Gasteiger partial charge in [-0.1, -0.05) is 38.2 Å². The van der Waals surface area contributed by atoms with Crippen LogP contribution in [0.2, 0.25) is 0 Å². The van der Waals surface area contributed by atoms with E-state index in [2.05, 4.69) is 20.6 Å². The first-order chi connectivity index (χ1) is 10.8. The zero-order valence-electron chi connectivity index (χ0n) is 13.6. The molecule has 0 radical (unpaired) electrons. The SMILES string of the molecule is Cc1nc(NC(=O)CNC(=O)C(C)(C)C)sc1-c1ccccn1. The highest BCUT2D eigenvalue weighted by Crippen LogP contribution is 2.31. The summed E-state index contributed by atoms with van der Waals surface area (Å²) >= 11 is 1.36. The molecule has 0 atom stereocenters. The topological polar surface area (TPSA) is 84.0 Å². The smallest absolute Gasteiger partial charge is 0.245 e. The fraction of sp³-hybridized carbons (Fsp3) is 0.375. The third-order valence-corrected chi connectivity index (χ3v) is 4.13. The van der Waals surface area contributed by atoms with Gasteiger partial charge in [-0.05, 0) is 19.1 Å². The van der Waals surface area contributed by atoms with E-state index >= 15 is 0 Å². The lowest BCUT2D eigenvalue weighted by atomic mass is 9.96. The van der Waals surface area contributed by atoms with Crippen molar-refractivity contribution in [3.8, 4) is 10.6 Å². The molecule has 0 saturated heterocycles. The van der Waals surface area contributed by atoms with Crippen LogP contribution in [-0.4, -0.2) is 28.3 Å². The standard InChI is InChI=1S/C16H20N4O2S/c1-10-13(11-7-5-6-8-17-11)23-15(19-10)20-12(21)9-18-14(22)16(2,3)4/h5-8H,9H2,1-4H3,(H,18,22)(H,19,20,21). The minimum Gasteiger partial charge on any atom is -0.347 e. The number of carbonyl (C=O) groups excluding carboxylic acids is 2. The zero-order valence-corrected chi connectivity index (χ0v) is 14.5. The lowest BCUT2D eigenvalue weighted by Crippen LogP contribution is -2.39. The largest absolute Gasteiger partial charge is 0.347 e. The summed E-state index contributed by atoms with van der Waals surface area (Å²) in [6.07, 6.45) is 1.72. The van der Waals surface area contributed by atoms with Crippen molar-refractivity contribution in [2.45, 2.75) is 27.7 Å². The van der Waals surface area contributed by atoms with Crippen molar-refractivity contribution in [3.63, 3.8) is 0 Å². The van der Waals surface area contributed by atoms with E-state index in [4.69, 9.17) is 0 Å². The lowest BCUT2D eigenvalue weighted by Gasteiger charge is -2.17. The fourth-order valence-electron chi connectivity index (χ4n) is 1.77. The van der Waals surface area contributed by atoms with Crippen LogP contribution in [-0.2, 0) is 9.59 Å². The first-order valence-corrected chi connectivity index (χ1v) is 8.06. The summed E-state index contributed by atoms with van der Waals surface area (Å²) in [6, 6.07) is 5.65. The molecule has 2 heterocycles. The van der Waals surface area contributed by atoms with Crippen molar-refractivity contribution in [1.82, 2.24) is 15.3 Å². The van der Waals surface area contributed by atoms with Crippen LogP contribution in [0.25, 0.3) is 10.6 Å². The highest BCUT2D eigenvalue weighted by atomic mass is 32.1. The van der Waals surface area contributed by atoms with Gasteiger partial charge in [0.1, 0.15) is 0 Å². The van der Waals surface area contributed by atoms with Gasteiger partial charge in [0.2, 0.25) is 11.8 Å². The van der Waals surface area contributed by atoms with Crippen LogP contribution in [0.15, 0.2) is 24.4 Å². The number of anilines is 1. The van der Waals surface area contributed by atoms with Crippen LogP contribution in [0.4, 0.5) is 5.13 Å². The van der Waals surface area contributed by atoms with Gasteiger partial charge in [0.25, 0.3) is 0 Å². The maximum Gasteiger partial charge on any atom is 0.245 e. The number of pyridine rings is 1. The Labute approximate surface area is 139 Å². The van der Waals surface area contributed by atoms with Crippen molar-refractivity contribution in [1.29, 1.82) is 0 Å². The normalized spacial score (nSPS) is 11.1. The molecule has 122 valence electrons. The van der Waals surface area contributed by atoms with E-state index in [1.807, 2.05) is 25.1 Å². The number of hydrogen-bond donors (Lipinski definition) is 2. The molecule has 0 aliphatic rings. The van der Waals surface area contributed by atoms with E-state index in [1.165, 1.54) is 11.3 Å². The van der Waals surface area contributed by atoms with Crippen molar-refractivity contribution in [3.05, 3.63) is 30.1 Å². The molecule has 2 rings (SSSR count). The van der Waals surface area contributed by atoms with Gasteiger partial charge in [-0.2, -0.15) is 0 Å². The number of thiazole rings is 1. The minimum atomic E-state index is -0.524. The Morgan fingerprint density at radius 1 is 1.26 bits per heavy atom. The molecule has 0 bridgehead atoms. The van der Waals surface area contributed by atoms with Gasteiger partial charge in [-0.25, -0.2) is 4.98 Å². The molecule has 0 spiro atoms. The van der Waals surface area contributed by atoms with Crippen LogP contribution >= 0.6 is 11.3 Å². The van der Waals surface area contributed by atoms with Crippen molar-refractivity contribution < 1.29 is 9.59 Å². The average molecular weight is 332 g/mol. The predicted molar refractivity (Wildman–Crippen MR) is 91.2 cm³/mol. The summed E-state index contributed by atoms with van der Waals surface area (Å²) in [6.45, 7) is 7.18. The van der Waals surface area contributed by atoms with Gasteiger partial charge in [0.15, 0.2) is 5.13 Å². The Kier molecular flexibility index (Phi) is 5.10. The molecule has 2 N–H and O–H groups in total. The Morgan fingerprint density at radius 3 is 2.61 bits per heavy atom. The first kappa shape index (κ1) is 17.1. The molecule has 0 aliphatic heterocycles. The molecule has 2 aromatic heterocycles. The summed E-state index contributed by atoms with van der Waals surface area (Å²) in [5, 5.41) is 5.81.